The minimum absolute atomic E-state index is 0.112. The third kappa shape index (κ3) is 6.52. The van der Waals surface area contributed by atoms with Crippen LogP contribution in [0.5, 0.6) is 0 Å². The van der Waals surface area contributed by atoms with Gasteiger partial charge < -0.3 is 0 Å². The molecule has 98 valence electrons. The Morgan fingerprint density at radius 3 is 2.59 bits per heavy atom. The molecule has 0 atom stereocenters. The zero-order valence-electron chi connectivity index (χ0n) is 10.5. The van der Waals surface area contributed by atoms with E-state index in [9.17, 15) is 14.4 Å². The van der Waals surface area contributed by atoms with E-state index in [1.807, 2.05) is 13.8 Å². The molecule has 7 nitrogen and oxygen atoms in total. The maximum Gasteiger partial charge on any atom is 0.241 e. The maximum atomic E-state index is 11.3. The molecule has 3 amide bonds. The molecule has 0 unspecified atom stereocenters. The molecule has 1 saturated heterocycles. The summed E-state index contributed by atoms with van der Waals surface area (Å²) in [5, 5.41) is 1.25. The molecule has 0 aromatic heterocycles. The first-order valence-electron chi connectivity index (χ1n) is 5.69. The Morgan fingerprint density at radius 2 is 2.00 bits per heavy atom. The second-order valence-electron chi connectivity index (χ2n) is 3.19. The van der Waals surface area contributed by atoms with Crippen LogP contribution in [0.2, 0.25) is 0 Å². The first-order chi connectivity index (χ1) is 8.09. The molecule has 1 aliphatic heterocycles. The Morgan fingerprint density at radius 1 is 1.35 bits per heavy atom. The summed E-state index contributed by atoms with van der Waals surface area (Å²) in [7, 11) is 0. The SMILES string of the molecule is CC.CC(=O)NNCCN1NC(=O)CCC1=O. The smallest absolute Gasteiger partial charge is 0.241 e. The van der Waals surface area contributed by atoms with Crippen molar-refractivity contribution in [1.82, 2.24) is 21.3 Å². The van der Waals surface area contributed by atoms with Gasteiger partial charge in [-0.25, -0.2) is 5.43 Å². The highest BCUT2D eigenvalue weighted by Gasteiger charge is 2.21. The summed E-state index contributed by atoms with van der Waals surface area (Å²) >= 11 is 0. The number of carbonyl (C=O) groups excluding carboxylic acids is 3. The predicted molar refractivity (Wildman–Crippen MR) is 62.3 cm³/mol. The fourth-order valence-corrected chi connectivity index (χ4v) is 1.16. The minimum Gasteiger partial charge on any atom is -0.292 e. The van der Waals surface area contributed by atoms with Gasteiger partial charge in [0.15, 0.2) is 0 Å². The molecule has 7 heteroatoms. The van der Waals surface area contributed by atoms with Crippen molar-refractivity contribution < 1.29 is 14.4 Å². The normalized spacial score (nSPS) is 14.6. The van der Waals surface area contributed by atoms with Gasteiger partial charge in [-0.15, -0.1) is 0 Å². The van der Waals surface area contributed by atoms with Gasteiger partial charge in [0.05, 0.1) is 6.54 Å². The van der Waals surface area contributed by atoms with Crippen molar-refractivity contribution >= 4 is 17.7 Å². The average Bonchev–Trinajstić information content (AvgIpc) is 2.31. The van der Waals surface area contributed by atoms with Crippen molar-refractivity contribution in [2.75, 3.05) is 13.1 Å². The number of carbonyl (C=O) groups is 3. The zero-order valence-corrected chi connectivity index (χ0v) is 10.5. The largest absolute Gasteiger partial charge is 0.292 e. The van der Waals surface area contributed by atoms with Gasteiger partial charge in [-0.2, -0.15) is 0 Å². The highest BCUT2D eigenvalue weighted by Crippen LogP contribution is 2.01. The lowest BCUT2D eigenvalue weighted by Gasteiger charge is -2.27. The van der Waals surface area contributed by atoms with E-state index in [1.165, 1.54) is 11.9 Å². The van der Waals surface area contributed by atoms with Gasteiger partial charge in [0, 0.05) is 26.3 Å². The van der Waals surface area contributed by atoms with Crippen molar-refractivity contribution in [3.63, 3.8) is 0 Å². The van der Waals surface area contributed by atoms with Crippen LogP contribution in [-0.4, -0.2) is 35.8 Å². The highest BCUT2D eigenvalue weighted by molar-refractivity contribution is 5.89. The monoisotopic (exact) mass is 244 g/mol. The van der Waals surface area contributed by atoms with Crippen LogP contribution in [0, 0.1) is 0 Å². The lowest BCUT2D eigenvalue weighted by molar-refractivity contribution is -0.147. The van der Waals surface area contributed by atoms with Crippen LogP contribution in [0.4, 0.5) is 0 Å². The summed E-state index contributed by atoms with van der Waals surface area (Å²) in [5.41, 5.74) is 7.44. The summed E-state index contributed by atoms with van der Waals surface area (Å²) in [6.45, 7) is 6.08. The number of hydrogen-bond donors (Lipinski definition) is 3. The molecule has 1 rings (SSSR count). The van der Waals surface area contributed by atoms with Gasteiger partial charge >= 0.3 is 0 Å². The Bertz CT molecular complexity index is 281. The van der Waals surface area contributed by atoms with E-state index in [2.05, 4.69) is 16.3 Å². The Hall–Kier alpha value is -1.63. The average molecular weight is 244 g/mol. The molecular weight excluding hydrogens is 224 g/mol. The first-order valence-corrected chi connectivity index (χ1v) is 5.69. The molecule has 0 bridgehead atoms. The zero-order chi connectivity index (χ0) is 13.3. The van der Waals surface area contributed by atoms with Crippen LogP contribution < -0.4 is 16.3 Å². The van der Waals surface area contributed by atoms with Crippen molar-refractivity contribution in [2.24, 2.45) is 0 Å². The van der Waals surface area contributed by atoms with Crippen LogP contribution in [0.15, 0.2) is 0 Å². The molecule has 1 fully saturated rings. The third-order valence-electron chi connectivity index (χ3n) is 1.85. The summed E-state index contributed by atoms with van der Waals surface area (Å²) in [5.74, 6) is -0.475. The Labute approximate surface area is 101 Å². The summed E-state index contributed by atoms with van der Waals surface area (Å²) < 4.78 is 0. The van der Waals surface area contributed by atoms with Crippen LogP contribution in [0.25, 0.3) is 0 Å². The molecule has 3 N–H and O–H groups in total. The summed E-state index contributed by atoms with van der Waals surface area (Å²) in [4.78, 5) is 32.7. The molecule has 0 radical (unpaired) electrons. The van der Waals surface area contributed by atoms with E-state index in [-0.39, 0.29) is 30.6 Å². The molecular formula is C10H20N4O3. The van der Waals surface area contributed by atoms with Crippen LogP contribution in [0.3, 0.4) is 0 Å². The second-order valence-corrected chi connectivity index (χ2v) is 3.19. The number of rotatable bonds is 4. The Kier molecular flexibility index (Phi) is 7.70. The fourth-order valence-electron chi connectivity index (χ4n) is 1.16. The molecule has 0 saturated carbocycles. The highest BCUT2D eigenvalue weighted by atomic mass is 16.2. The second kappa shape index (κ2) is 8.51. The number of amides is 3. The van der Waals surface area contributed by atoms with Gasteiger partial charge in [-0.05, 0) is 0 Å². The third-order valence-corrected chi connectivity index (χ3v) is 1.85. The molecule has 1 heterocycles. The molecule has 1 aliphatic rings. The van der Waals surface area contributed by atoms with E-state index in [0.717, 1.165) is 0 Å². The van der Waals surface area contributed by atoms with Gasteiger partial charge in [0.1, 0.15) is 0 Å². The molecule has 0 aromatic carbocycles. The van der Waals surface area contributed by atoms with Crippen molar-refractivity contribution in [3.05, 3.63) is 0 Å². The molecule has 0 spiro atoms. The predicted octanol–water partition coefficient (Wildman–Crippen LogP) is -0.693. The molecule has 0 aromatic rings. The number of nitrogens with one attached hydrogen (secondary N) is 3. The quantitative estimate of drug-likeness (QED) is 0.451. The summed E-state index contributed by atoms with van der Waals surface area (Å²) in [6, 6.07) is 0. The van der Waals surface area contributed by atoms with Gasteiger partial charge in [-0.1, -0.05) is 13.8 Å². The van der Waals surface area contributed by atoms with Gasteiger partial charge in [-0.3, -0.25) is 30.2 Å². The van der Waals surface area contributed by atoms with Gasteiger partial charge in [0.2, 0.25) is 17.7 Å². The van der Waals surface area contributed by atoms with E-state index >= 15 is 0 Å². The van der Waals surface area contributed by atoms with E-state index in [4.69, 9.17) is 0 Å². The van der Waals surface area contributed by atoms with Crippen LogP contribution in [-0.2, 0) is 14.4 Å². The van der Waals surface area contributed by atoms with Crippen molar-refractivity contribution in [1.29, 1.82) is 0 Å². The lowest BCUT2D eigenvalue weighted by atomic mass is 10.2. The number of hydrazine groups is 2. The van der Waals surface area contributed by atoms with E-state index in [0.29, 0.717) is 13.1 Å². The minimum atomic E-state index is -0.205. The van der Waals surface area contributed by atoms with Crippen molar-refractivity contribution in [2.45, 2.75) is 33.6 Å². The van der Waals surface area contributed by atoms with Crippen LogP contribution >= 0.6 is 0 Å². The van der Waals surface area contributed by atoms with E-state index in [1.54, 1.807) is 0 Å². The van der Waals surface area contributed by atoms with Crippen LogP contribution in [0.1, 0.15) is 33.6 Å². The fraction of sp³-hybridized carbons (Fsp3) is 0.700. The van der Waals surface area contributed by atoms with Crippen molar-refractivity contribution in [3.8, 4) is 0 Å². The topological polar surface area (TPSA) is 90.5 Å². The van der Waals surface area contributed by atoms with E-state index < -0.39 is 0 Å². The molecule has 17 heavy (non-hydrogen) atoms. The molecule has 0 aliphatic carbocycles. The lowest BCUT2D eigenvalue weighted by Crippen LogP contribution is -2.53. The van der Waals surface area contributed by atoms with Gasteiger partial charge in [0.25, 0.3) is 0 Å². The maximum absolute atomic E-state index is 11.3. The number of hydrogen-bond acceptors (Lipinski definition) is 4. The number of nitrogens with zero attached hydrogens (tertiary/aromatic N) is 1. The Balaban J connectivity index is 0.00000121. The standard InChI is InChI=1S/C8H14N4O3.C2H6/c1-6(13)10-9-4-5-12-8(15)3-2-7(14)11-12;1-2/h9H,2-5H2,1H3,(H,10,13)(H,11,14);1-2H3. The first kappa shape index (κ1) is 15.4. The summed E-state index contributed by atoms with van der Waals surface area (Å²) in [6.07, 6.45) is 0.487.